The van der Waals surface area contributed by atoms with Gasteiger partial charge in [0.05, 0.1) is 19.8 Å². The van der Waals surface area contributed by atoms with Gasteiger partial charge in [0, 0.05) is 5.56 Å². The van der Waals surface area contributed by atoms with Crippen molar-refractivity contribution in [3.05, 3.63) is 63.5 Å². The third-order valence-corrected chi connectivity index (χ3v) is 4.60. The van der Waals surface area contributed by atoms with Crippen LogP contribution in [0.5, 0.6) is 17.2 Å². The molecule has 0 bridgehead atoms. The second kappa shape index (κ2) is 7.80. The topological polar surface area (TPSA) is 68.9 Å². The van der Waals surface area contributed by atoms with Gasteiger partial charge < -0.3 is 19.0 Å². The Labute approximate surface area is 163 Å². The molecule has 0 spiro atoms. The summed E-state index contributed by atoms with van der Waals surface area (Å²) in [6, 6.07) is 6.96. The van der Waals surface area contributed by atoms with Crippen molar-refractivity contribution in [2.24, 2.45) is 0 Å². The zero-order valence-electron chi connectivity index (χ0n) is 16.8. The standard InChI is InChI=1S/C23H24O5/c1-13(2)6-7-15-10-16(11-18(24)23(15)27-5)17-12-28-20-9-14(3)8-19(26-4)21(20)22(17)25/h6,8-12,24H,7H2,1-5H3. The summed E-state index contributed by atoms with van der Waals surface area (Å²) in [5.74, 6) is 0.847. The molecule has 0 radical (unpaired) electrons. The van der Waals surface area contributed by atoms with Gasteiger partial charge in [0.1, 0.15) is 23.0 Å². The van der Waals surface area contributed by atoms with Crippen molar-refractivity contribution in [2.75, 3.05) is 14.2 Å². The molecule has 0 aliphatic heterocycles. The van der Waals surface area contributed by atoms with E-state index in [-0.39, 0.29) is 11.2 Å². The molecule has 1 aromatic heterocycles. The number of phenols is 1. The summed E-state index contributed by atoms with van der Waals surface area (Å²) in [5, 5.41) is 10.8. The first kappa shape index (κ1) is 19.5. The molecule has 146 valence electrons. The number of methoxy groups -OCH3 is 2. The molecule has 0 amide bonds. The van der Waals surface area contributed by atoms with Gasteiger partial charge in [0.15, 0.2) is 11.5 Å². The highest BCUT2D eigenvalue weighted by Crippen LogP contribution is 2.36. The normalized spacial score (nSPS) is 10.8. The molecule has 3 rings (SSSR count). The Kier molecular flexibility index (Phi) is 5.45. The molecule has 0 aliphatic carbocycles. The molecule has 5 nitrogen and oxygen atoms in total. The van der Waals surface area contributed by atoms with E-state index in [2.05, 4.69) is 0 Å². The predicted octanol–water partition coefficient (Wildman–Crippen LogP) is 5.00. The van der Waals surface area contributed by atoms with Crippen molar-refractivity contribution < 1.29 is 19.0 Å². The lowest BCUT2D eigenvalue weighted by molar-refractivity contribution is 0.370. The molecule has 0 unspecified atom stereocenters. The molecule has 1 heterocycles. The van der Waals surface area contributed by atoms with Crippen molar-refractivity contribution in [3.8, 4) is 28.4 Å². The molecule has 0 aliphatic rings. The summed E-state index contributed by atoms with van der Waals surface area (Å²) in [6.07, 6.45) is 4.04. The number of phenolic OH excluding ortho intramolecular Hbond substituents is 1. The van der Waals surface area contributed by atoms with Crippen LogP contribution in [0.1, 0.15) is 25.0 Å². The van der Waals surface area contributed by atoms with Gasteiger partial charge in [0.2, 0.25) is 5.43 Å². The van der Waals surface area contributed by atoms with Crippen molar-refractivity contribution in [3.63, 3.8) is 0 Å². The molecule has 3 aromatic rings. The van der Waals surface area contributed by atoms with E-state index in [1.54, 1.807) is 12.1 Å². The van der Waals surface area contributed by atoms with Crippen LogP contribution >= 0.6 is 0 Å². The minimum Gasteiger partial charge on any atom is -0.504 e. The van der Waals surface area contributed by atoms with Gasteiger partial charge in [0.25, 0.3) is 0 Å². The van der Waals surface area contributed by atoms with Gasteiger partial charge >= 0.3 is 0 Å². The van der Waals surface area contributed by atoms with Gasteiger partial charge in [-0.2, -0.15) is 0 Å². The van der Waals surface area contributed by atoms with E-state index < -0.39 is 0 Å². The number of ether oxygens (including phenoxy) is 2. The zero-order valence-corrected chi connectivity index (χ0v) is 16.8. The van der Waals surface area contributed by atoms with E-state index in [1.165, 1.54) is 26.5 Å². The molecule has 0 saturated heterocycles. The maximum absolute atomic E-state index is 13.2. The van der Waals surface area contributed by atoms with Crippen LogP contribution in [0.15, 0.2) is 51.4 Å². The fraction of sp³-hybridized carbons (Fsp3) is 0.261. The van der Waals surface area contributed by atoms with E-state index >= 15 is 0 Å². The van der Waals surface area contributed by atoms with E-state index in [4.69, 9.17) is 13.9 Å². The Morgan fingerprint density at radius 1 is 1.14 bits per heavy atom. The number of aryl methyl sites for hydroxylation is 1. The lowest BCUT2D eigenvalue weighted by Crippen LogP contribution is -2.07. The smallest absolute Gasteiger partial charge is 0.204 e. The number of benzene rings is 2. The first-order valence-corrected chi connectivity index (χ1v) is 8.99. The number of allylic oxidation sites excluding steroid dienone is 2. The van der Waals surface area contributed by atoms with Crippen LogP contribution in [0.4, 0.5) is 0 Å². The summed E-state index contributed by atoms with van der Waals surface area (Å²) < 4.78 is 16.5. The van der Waals surface area contributed by atoms with Crippen LogP contribution in [0.3, 0.4) is 0 Å². The molecular formula is C23H24O5. The van der Waals surface area contributed by atoms with Crippen molar-refractivity contribution in [1.29, 1.82) is 0 Å². The highest BCUT2D eigenvalue weighted by atomic mass is 16.5. The largest absolute Gasteiger partial charge is 0.504 e. The second-order valence-electron chi connectivity index (χ2n) is 6.99. The number of hydrogen-bond donors (Lipinski definition) is 1. The molecule has 28 heavy (non-hydrogen) atoms. The monoisotopic (exact) mass is 380 g/mol. The average Bonchev–Trinajstić information content (AvgIpc) is 2.65. The van der Waals surface area contributed by atoms with Crippen LogP contribution < -0.4 is 14.9 Å². The molecule has 1 N–H and O–H groups in total. The number of rotatable bonds is 5. The Morgan fingerprint density at radius 3 is 2.54 bits per heavy atom. The average molecular weight is 380 g/mol. The maximum atomic E-state index is 13.2. The number of hydrogen-bond acceptors (Lipinski definition) is 5. The fourth-order valence-electron chi connectivity index (χ4n) is 3.24. The van der Waals surface area contributed by atoms with Gasteiger partial charge in [-0.15, -0.1) is 0 Å². The van der Waals surface area contributed by atoms with Crippen LogP contribution in [0.25, 0.3) is 22.1 Å². The first-order chi connectivity index (χ1) is 13.3. The van der Waals surface area contributed by atoms with Crippen LogP contribution in [0.2, 0.25) is 0 Å². The molecule has 0 atom stereocenters. The van der Waals surface area contributed by atoms with Crippen molar-refractivity contribution in [2.45, 2.75) is 27.2 Å². The predicted molar refractivity (Wildman–Crippen MR) is 111 cm³/mol. The third kappa shape index (κ3) is 3.60. The summed E-state index contributed by atoms with van der Waals surface area (Å²) in [4.78, 5) is 13.2. The van der Waals surface area contributed by atoms with Crippen LogP contribution in [-0.4, -0.2) is 19.3 Å². The van der Waals surface area contributed by atoms with E-state index in [9.17, 15) is 9.90 Å². The molecular weight excluding hydrogens is 356 g/mol. The highest BCUT2D eigenvalue weighted by molar-refractivity contribution is 5.88. The zero-order chi connectivity index (χ0) is 20.4. The van der Waals surface area contributed by atoms with Crippen molar-refractivity contribution in [1.82, 2.24) is 0 Å². The van der Waals surface area contributed by atoms with Gasteiger partial charge in [-0.05, 0) is 62.6 Å². The molecule has 2 aromatic carbocycles. The molecule has 5 heteroatoms. The Morgan fingerprint density at radius 2 is 1.89 bits per heavy atom. The summed E-state index contributed by atoms with van der Waals surface area (Å²) in [7, 11) is 3.04. The quantitative estimate of drug-likeness (QED) is 0.631. The second-order valence-corrected chi connectivity index (χ2v) is 6.99. The summed E-state index contributed by atoms with van der Waals surface area (Å²) in [6.45, 7) is 5.91. The minimum absolute atomic E-state index is 0.0208. The maximum Gasteiger partial charge on any atom is 0.204 e. The van der Waals surface area contributed by atoms with Gasteiger partial charge in [-0.25, -0.2) is 0 Å². The van der Waals surface area contributed by atoms with Gasteiger partial charge in [-0.1, -0.05) is 11.6 Å². The van der Waals surface area contributed by atoms with Crippen LogP contribution in [0, 0.1) is 6.92 Å². The van der Waals surface area contributed by atoms with E-state index in [0.717, 1.165) is 16.7 Å². The van der Waals surface area contributed by atoms with E-state index in [1.807, 2.05) is 32.9 Å². The molecule has 0 saturated carbocycles. The summed E-state index contributed by atoms with van der Waals surface area (Å²) >= 11 is 0. The fourth-order valence-corrected chi connectivity index (χ4v) is 3.24. The first-order valence-electron chi connectivity index (χ1n) is 8.99. The molecule has 0 fully saturated rings. The Bertz CT molecular complexity index is 1120. The highest BCUT2D eigenvalue weighted by Gasteiger charge is 2.17. The van der Waals surface area contributed by atoms with Gasteiger partial charge in [-0.3, -0.25) is 4.79 Å². The van der Waals surface area contributed by atoms with Crippen molar-refractivity contribution >= 4 is 11.0 Å². The number of fused-ring (bicyclic) bond motifs is 1. The minimum atomic E-state index is -0.212. The van der Waals surface area contributed by atoms with E-state index in [0.29, 0.717) is 40.0 Å². The Hall–Kier alpha value is -3.21. The van der Waals surface area contributed by atoms with Crippen LogP contribution in [-0.2, 0) is 6.42 Å². The number of aromatic hydroxyl groups is 1. The lowest BCUT2D eigenvalue weighted by atomic mass is 9.99. The summed E-state index contributed by atoms with van der Waals surface area (Å²) in [5.41, 5.74) is 4.04. The SMILES string of the molecule is COc1c(O)cc(-c2coc3cc(C)cc(OC)c3c2=O)cc1CC=C(C)C. The third-order valence-electron chi connectivity index (χ3n) is 4.60. The Balaban J connectivity index is 2.25. The lowest BCUT2D eigenvalue weighted by Gasteiger charge is -2.13.